The number of piperidine rings is 1. The van der Waals surface area contributed by atoms with Crippen LogP contribution in [0.5, 0.6) is 0 Å². The fraction of sp³-hybridized carbons (Fsp3) is 0.462. The smallest absolute Gasteiger partial charge is 0.272 e. The molecule has 1 aliphatic rings. The molecular formula is C13H17N5OS. The molecule has 20 heavy (non-hydrogen) atoms. The molecule has 1 atom stereocenters. The first-order valence-electron chi connectivity index (χ1n) is 6.74. The van der Waals surface area contributed by atoms with Crippen molar-refractivity contribution in [2.75, 3.05) is 13.1 Å². The van der Waals surface area contributed by atoms with E-state index in [0.29, 0.717) is 18.3 Å². The van der Waals surface area contributed by atoms with Crippen molar-refractivity contribution in [3.8, 4) is 0 Å². The number of nitrogens with zero attached hydrogens (tertiary/aromatic N) is 3. The van der Waals surface area contributed by atoms with Crippen LogP contribution in [-0.4, -0.2) is 33.8 Å². The molecule has 2 N–H and O–H groups in total. The Morgan fingerprint density at radius 3 is 3.30 bits per heavy atom. The van der Waals surface area contributed by atoms with Gasteiger partial charge in [0.25, 0.3) is 5.91 Å². The molecule has 3 rings (SSSR count). The predicted molar refractivity (Wildman–Crippen MR) is 76.7 cm³/mol. The molecule has 0 saturated carbocycles. The summed E-state index contributed by atoms with van der Waals surface area (Å²) in [5.41, 5.74) is 3.09. The van der Waals surface area contributed by atoms with Crippen molar-refractivity contribution in [3.05, 3.63) is 34.5 Å². The van der Waals surface area contributed by atoms with Crippen LogP contribution in [0.15, 0.2) is 23.2 Å². The molecule has 1 unspecified atom stereocenters. The standard InChI is InChI=1S/C13H17N5OS/c19-13(15-6-10-8-20-9-16-10)12-3-5-18(17-12)11-2-1-4-14-7-11/h3,5,8-9,11,14H,1-2,4,6-7H2,(H,15,19). The molecule has 0 radical (unpaired) electrons. The first kappa shape index (κ1) is 13.3. The Morgan fingerprint density at radius 2 is 2.55 bits per heavy atom. The van der Waals surface area contributed by atoms with E-state index in [4.69, 9.17) is 0 Å². The Bertz CT molecular complexity index is 559. The molecule has 2 aromatic rings. The summed E-state index contributed by atoms with van der Waals surface area (Å²) in [5, 5.41) is 12.5. The number of aromatic nitrogens is 3. The van der Waals surface area contributed by atoms with Gasteiger partial charge in [0.2, 0.25) is 0 Å². The second-order valence-electron chi connectivity index (χ2n) is 4.84. The first-order valence-corrected chi connectivity index (χ1v) is 7.68. The molecule has 6 nitrogen and oxygen atoms in total. The number of amides is 1. The Hall–Kier alpha value is -1.73. The highest BCUT2D eigenvalue weighted by Crippen LogP contribution is 2.15. The summed E-state index contributed by atoms with van der Waals surface area (Å²) < 4.78 is 1.89. The van der Waals surface area contributed by atoms with Crippen LogP contribution in [-0.2, 0) is 6.54 Å². The number of thiazole rings is 1. The van der Waals surface area contributed by atoms with Crippen LogP contribution in [0.4, 0.5) is 0 Å². The van der Waals surface area contributed by atoms with Crippen LogP contribution in [0.2, 0.25) is 0 Å². The maximum atomic E-state index is 12.0. The minimum atomic E-state index is -0.152. The molecule has 1 saturated heterocycles. The van der Waals surface area contributed by atoms with Crippen molar-refractivity contribution < 1.29 is 4.79 Å². The summed E-state index contributed by atoms with van der Waals surface area (Å²) in [6.45, 7) is 2.43. The topological polar surface area (TPSA) is 71.8 Å². The van der Waals surface area contributed by atoms with Crippen molar-refractivity contribution in [3.63, 3.8) is 0 Å². The lowest BCUT2D eigenvalue weighted by atomic mass is 10.1. The van der Waals surface area contributed by atoms with Crippen molar-refractivity contribution in [1.29, 1.82) is 0 Å². The van der Waals surface area contributed by atoms with E-state index in [9.17, 15) is 4.79 Å². The molecule has 0 spiro atoms. The zero-order valence-corrected chi connectivity index (χ0v) is 11.9. The maximum absolute atomic E-state index is 12.0. The van der Waals surface area contributed by atoms with Gasteiger partial charge in [-0.15, -0.1) is 11.3 Å². The summed E-state index contributed by atoms with van der Waals surface area (Å²) in [7, 11) is 0. The minimum absolute atomic E-state index is 0.152. The molecule has 1 amide bonds. The molecule has 0 aromatic carbocycles. The van der Waals surface area contributed by atoms with Crippen molar-refractivity contribution in [2.45, 2.75) is 25.4 Å². The number of carbonyl (C=O) groups excluding carboxylic acids is 1. The molecule has 7 heteroatoms. The van der Waals surface area contributed by atoms with Crippen molar-refractivity contribution >= 4 is 17.2 Å². The van der Waals surface area contributed by atoms with Crippen LogP contribution in [0.3, 0.4) is 0 Å². The van der Waals surface area contributed by atoms with E-state index in [2.05, 4.69) is 20.7 Å². The third-order valence-electron chi connectivity index (χ3n) is 3.40. The molecule has 1 fully saturated rings. The van der Waals surface area contributed by atoms with Crippen molar-refractivity contribution in [2.24, 2.45) is 0 Å². The Balaban J connectivity index is 1.59. The van der Waals surface area contributed by atoms with Gasteiger partial charge in [-0.3, -0.25) is 9.48 Å². The Morgan fingerprint density at radius 1 is 1.60 bits per heavy atom. The van der Waals surface area contributed by atoms with Crippen LogP contribution in [0.25, 0.3) is 0 Å². The van der Waals surface area contributed by atoms with Gasteiger partial charge in [-0.1, -0.05) is 0 Å². The van der Waals surface area contributed by atoms with E-state index in [0.717, 1.165) is 31.6 Å². The van der Waals surface area contributed by atoms with Crippen LogP contribution in [0, 0.1) is 0 Å². The van der Waals surface area contributed by atoms with Gasteiger partial charge in [-0.2, -0.15) is 5.10 Å². The van der Waals surface area contributed by atoms with E-state index in [1.165, 1.54) is 11.3 Å². The van der Waals surface area contributed by atoms with Crippen molar-refractivity contribution in [1.82, 2.24) is 25.4 Å². The molecule has 1 aliphatic heterocycles. The zero-order valence-electron chi connectivity index (χ0n) is 11.1. The number of rotatable bonds is 4. The lowest BCUT2D eigenvalue weighted by molar-refractivity contribution is 0.0944. The number of hydrogen-bond acceptors (Lipinski definition) is 5. The first-order chi connectivity index (χ1) is 9.83. The van der Waals surface area contributed by atoms with Gasteiger partial charge in [0.1, 0.15) is 5.69 Å². The molecule has 2 aromatic heterocycles. The average Bonchev–Trinajstić information content (AvgIpc) is 3.17. The van der Waals surface area contributed by atoms with Gasteiger partial charge in [0.15, 0.2) is 0 Å². The molecule has 0 bridgehead atoms. The minimum Gasteiger partial charge on any atom is -0.345 e. The van der Waals surface area contributed by atoms with E-state index in [-0.39, 0.29) is 5.91 Å². The Kier molecular flexibility index (Phi) is 4.08. The normalized spacial score (nSPS) is 18.9. The molecule has 106 valence electrons. The average molecular weight is 291 g/mol. The summed E-state index contributed by atoms with van der Waals surface area (Å²) >= 11 is 1.52. The monoisotopic (exact) mass is 291 g/mol. The lowest BCUT2D eigenvalue weighted by Gasteiger charge is -2.22. The van der Waals surface area contributed by atoms with Gasteiger partial charge >= 0.3 is 0 Å². The van der Waals surface area contributed by atoms with Crippen LogP contribution >= 0.6 is 11.3 Å². The highest BCUT2D eigenvalue weighted by atomic mass is 32.1. The number of carbonyl (C=O) groups is 1. The van der Waals surface area contributed by atoms with Gasteiger partial charge in [0.05, 0.1) is 23.8 Å². The summed E-state index contributed by atoms with van der Waals surface area (Å²) in [6, 6.07) is 2.12. The Labute approximate surface area is 121 Å². The van der Waals surface area contributed by atoms with E-state index in [1.807, 2.05) is 16.3 Å². The second kappa shape index (κ2) is 6.15. The SMILES string of the molecule is O=C(NCc1cscn1)c1ccn(C2CCCNC2)n1. The third kappa shape index (κ3) is 3.05. The van der Waals surface area contributed by atoms with Gasteiger partial charge in [-0.05, 0) is 25.5 Å². The largest absolute Gasteiger partial charge is 0.345 e. The van der Waals surface area contributed by atoms with Crippen LogP contribution < -0.4 is 10.6 Å². The highest BCUT2D eigenvalue weighted by Gasteiger charge is 2.17. The van der Waals surface area contributed by atoms with E-state index < -0.39 is 0 Å². The molecular weight excluding hydrogens is 274 g/mol. The second-order valence-corrected chi connectivity index (χ2v) is 5.56. The predicted octanol–water partition coefficient (Wildman–Crippen LogP) is 1.19. The molecule has 3 heterocycles. The number of hydrogen-bond donors (Lipinski definition) is 2. The maximum Gasteiger partial charge on any atom is 0.272 e. The highest BCUT2D eigenvalue weighted by molar-refractivity contribution is 7.07. The lowest BCUT2D eigenvalue weighted by Crippen LogP contribution is -2.32. The third-order valence-corrected chi connectivity index (χ3v) is 4.03. The molecule has 0 aliphatic carbocycles. The zero-order chi connectivity index (χ0) is 13.8. The van der Waals surface area contributed by atoms with Gasteiger partial charge < -0.3 is 10.6 Å². The quantitative estimate of drug-likeness (QED) is 0.888. The van der Waals surface area contributed by atoms with Gasteiger partial charge in [0, 0.05) is 18.1 Å². The van der Waals surface area contributed by atoms with Crippen LogP contribution in [0.1, 0.15) is 35.1 Å². The summed E-state index contributed by atoms with van der Waals surface area (Å²) in [6.07, 6.45) is 4.14. The van der Waals surface area contributed by atoms with Gasteiger partial charge in [-0.25, -0.2) is 4.98 Å². The summed E-state index contributed by atoms with van der Waals surface area (Å²) in [5.74, 6) is -0.152. The fourth-order valence-electron chi connectivity index (χ4n) is 2.31. The van der Waals surface area contributed by atoms with E-state index in [1.54, 1.807) is 11.6 Å². The number of nitrogens with one attached hydrogen (secondary N) is 2. The fourth-order valence-corrected chi connectivity index (χ4v) is 2.87. The van der Waals surface area contributed by atoms with E-state index >= 15 is 0 Å². The summed E-state index contributed by atoms with van der Waals surface area (Å²) in [4.78, 5) is 16.1.